The van der Waals surface area contributed by atoms with Gasteiger partial charge in [-0.3, -0.25) is 9.67 Å². The van der Waals surface area contributed by atoms with Gasteiger partial charge in [0.2, 0.25) is 0 Å². The minimum atomic E-state index is -0.149. The SMILES string of the molecule is CCc1cc(-n2ncn(C(C)c3ccccc3)c2=O)ccc1-c1cn[nH]c1. The number of nitrogens with one attached hydrogen (secondary N) is 1. The average Bonchev–Trinajstić information content (AvgIpc) is 3.37. The second kappa shape index (κ2) is 7.07. The summed E-state index contributed by atoms with van der Waals surface area (Å²) in [5, 5.41) is 11.2. The first-order valence-corrected chi connectivity index (χ1v) is 9.02. The maximum Gasteiger partial charge on any atom is 0.351 e. The number of nitrogens with zero attached hydrogens (tertiary/aromatic N) is 4. The third-order valence-corrected chi connectivity index (χ3v) is 4.92. The smallest absolute Gasteiger partial charge is 0.285 e. The van der Waals surface area contributed by atoms with Crippen LogP contribution in [-0.4, -0.2) is 24.5 Å². The molecule has 0 amide bonds. The Bertz CT molecular complexity index is 1090. The van der Waals surface area contributed by atoms with Crippen molar-refractivity contribution in [2.24, 2.45) is 0 Å². The quantitative estimate of drug-likeness (QED) is 0.592. The van der Waals surface area contributed by atoms with Crippen molar-refractivity contribution < 1.29 is 0 Å². The van der Waals surface area contributed by atoms with Crippen LogP contribution in [0.4, 0.5) is 0 Å². The molecule has 0 saturated carbocycles. The van der Waals surface area contributed by atoms with Crippen LogP contribution in [0.2, 0.25) is 0 Å². The van der Waals surface area contributed by atoms with Crippen LogP contribution < -0.4 is 5.69 Å². The standard InChI is InChI=1S/C21H21N5O/c1-3-16-11-19(9-10-20(16)18-12-22-23-13-18)26-21(27)25(14-24-26)15(2)17-7-5-4-6-8-17/h4-15H,3H2,1-2H3,(H,22,23). The molecule has 6 nitrogen and oxygen atoms in total. The molecule has 1 N–H and O–H groups in total. The second-order valence-corrected chi connectivity index (χ2v) is 6.50. The van der Waals surface area contributed by atoms with E-state index in [4.69, 9.17) is 0 Å². The number of aromatic nitrogens is 5. The average molecular weight is 359 g/mol. The van der Waals surface area contributed by atoms with Crippen molar-refractivity contribution >= 4 is 0 Å². The van der Waals surface area contributed by atoms with Gasteiger partial charge in [0.15, 0.2) is 0 Å². The molecule has 27 heavy (non-hydrogen) atoms. The Morgan fingerprint density at radius 3 is 2.67 bits per heavy atom. The number of H-pyrrole nitrogens is 1. The van der Waals surface area contributed by atoms with Crippen LogP contribution >= 0.6 is 0 Å². The van der Waals surface area contributed by atoms with Gasteiger partial charge in [-0.1, -0.05) is 43.3 Å². The summed E-state index contributed by atoms with van der Waals surface area (Å²) in [6.45, 7) is 4.10. The number of benzene rings is 2. The molecule has 2 heterocycles. The van der Waals surface area contributed by atoms with Crippen LogP contribution in [0.5, 0.6) is 0 Å². The lowest BCUT2D eigenvalue weighted by Gasteiger charge is -2.12. The summed E-state index contributed by atoms with van der Waals surface area (Å²) in [4.78, 5) is 12.9. The lowest BCUT2D eigenvalue weighted by atomic mass is 10.00. The largest absolute Gasteiger partial charge is 0.351 e. The summed E-state index contributed by atoms with van der Waals surface area (Å²) in [5.74, 6) is 0. The van der Waals surface area contributed by atoms with Gasteiger partial charge < -0.3 is 0 Å². The molecule has 0 spiro atoms. The molecule has 4 aromatic rings. The number of aryl methyl sites for hydroxylation is 1. The lowest BCUT2D eigenvalue weighted by Crippen LogP contribution is -2.26. The molecule has 0 aliphatic rings. The van der Waals surface area contributed by atoms with E-state index >= 15 is 0 Å². The van der Waals surface area contributed by atoms with Crippen molar-refractivity contribution in [2.45, 2.75) is 26.3 Å². The monoisotopic (exact) mass is 359 g/mol. The minimum Gasteiger partial charge on any atom is -0.285 e. The molecule has 0 bridgehead atoms. The number of aromatic amines is 1. The van der Waals surface area contributed by atoms with Gasteiger partial charge in [0.25, 0.3) is 0 Å². The highest BCUT2D eigenvalue weighted by molar-refractivity contribution is 5.67. The van der Waals surface area contributed by atoms with E-state index in [1.807, 2.05) is 61.7 Å². The molecule has 6 heteroatoms. The van der Waals surface area contributed by atoms with Gasteiger partial charge in [-0.05, 0) is 42.2 Å². The highest BCUT2D eigenvalue weighted by Gasteiger charge is 2.15. The van der Waals surface area contributed by atoms with E-state index in [-0.39, 0.29) is 11.7 Å². The molecule has 0 saturated heterocycles. The summed E-state index contributed by atoms with van der Waals surface area (Å²) in [6.07, 6.45) is 6.13. The summed E-state index contributed by atoms with van der Waals surface area (Å²) in [7, 11) is 0. The Balaban J connectivity index is 1.73. The molecule has 136 valence electrons. The molecule has 2 aromatic carbocycles. The molecule has 1 atom stereocenters. The normalized spacial score (nSPS) is 12.2. The summed E-state index contributed by atoms with van der Waals surface area (Å²) in [6, 6.07) is 15.8. The van der Waals surface area contributed by atoms with E-state index < -0.39 is 0 Å². The van der Waals surface area contributed by atoms with Gasteiger partial charge in [-0.25, -0.2) is 4.79 Å². The molecule has 4 rings (SSSR count). The van der Waals surface area contributed by atoms with Crippen LogP contribution in [0.3, 0.4) is 0 Å². The molecule has 0 radical (unpaired) electrons. The first-order valence-electron chi connectivity index (χ1n) is 9.02. The fourth-order valence-electron chi connectivity index (χ4n) is 3.33. The molecule has 0 fully saturated rings. The van der Waals surface area contributed by atoms with E-state index in [0.717, 1.165) is 34.4 Å². The third-order valence-electron chi connectivity index (χ3n) is 4.92. The third kappa shape index (κ3) is 3.10. The van der Waals surface area contributed by atoms with Gasteiger partial charge in [0.1, 0.15) is 6.33 Å². The number of rotatable bonds is 5. The fraction of sp³-hybridized carbons (Fsp3) is 0.190. The van der Waals surface area contributed by atoms with Crippen molar-refractivity contribution in [3.05, 3.63) is 88.9 Å². The van der Waals surface area contributed by atoms with E-state index in [2.05, 4.69) is 22.2 Å². The molecular weight excluding hydrogens is 338 g/mol. The van der Waals surface area contributed by atoms with Crippen molar-refractivity contribution in [3.63, 3.8) is 0 Å². The Kier molecular flexibility index (Phi) is 4.46. The minimum absolute atomic E-state index is 0.0803. The molecular formula is C21H21N5O. The zero-order chi connectivity index (χ0) is 18.8. The highest BCUT2D eigenvalue weighted by atomic mass is 16.2. The molecule has 0 aliphatic heterocycles. The fourth-order valence-corrected chi connectivity index (χ4v) is 3.33. The Morgan fingerprint density at radius 2 is 1.96 bits per heavy atom. The highest BCUT2D eigenvalue weighted by Crippen LogP contribution is 2.25. The Labute approximate surface area is 157 Å². The van der Waals surface area contributed by atoms with Crippen molar-refractivity contribution in [2.75, 3.05) is 0 Å². The van der Waals surface area contributed by atoms with E-state index in [1.165, 1.54) is 4.68 Å². The lowest BCUT2D eigenvalue weighted by molar-refractivity contribution is 0.609. The predicted molar refractivity (Wildman–Crippen MR) is 105 cm³/mol. The van der Waals surface area contributed by atoms with Crippen molar-refractivity contribution in [1.82, 2.24) is 24.5 Å². The predicted octanol–water partition coefficient (Wildman–Crippen LogP) is 3.60. The van der Waals surface area contributed by atoms with Crippen LogP contribution in [0.15, 0.2) is 72.0 Å². The topological polar surface area (TPSA) is 68.5 Å². The van der Waals surface area contributed by atoms with Crippen LogP contribution in [0, 0.1) is 0 Å². The van der Waals surface area contributed by atoms with Crippen LogP contribution in [-0.2, 0) is 6.42 Å². The van der Waals surface area contributed by atoms with Gasteiger partial charge in [0.05, 0.1) is 17.9 Å². The molecule has 1 unspecified atom stereocenters. The van der Waals surface area contributed by atoms with Gasteiger partial charge in [0, 0.05) is 11.8 Å². The Morgan fingerprint density at radius 1 is 1.15 bits per heavy atom. The number of hydrogen-bond acceptors (Lipinski definition) is 3. The van der Waals surface area contributed by atoms with Gasteiger partial charge >= 0.3 is 5.69 Å². The first kappa shape index (κ1) is 17.0. The van der Waals surface area contributed by atoms with Crippen LogP contribution in [0.1, 0.15) is 31.0 Å². The maximum absolute atomic E-state index is 12.9. The van der Waals surface area contributed by atoms with Gasteiger partial charge in [-0.2, -0.15) is 14.9 Å². The number of hydrogen-bond donors (Lipinski definition) is 1. The van der Waals surface area contributed by atoms with Crippen LogP contribution in [0.25, 0.3) is 16.8 Å². The van der Waals surface area contributed by atoms with Crippen molar-refractivity contribution in [3.8, 4) is 16.8 Å². The van der Waals surface area contributed by atoms with Crippen molar-refractivity contribution in [1.29, 1.82) is 0 Å². The molecule has 2 aromatic heterocycles. The second-order valence-electron chi connectivity index (χ2n) is 6.50. The first-order chi connectivity index (χ1) is 13.2. The van der Waals surface area contributed by atoms with E-state index in [1.54, 1.807) is 17.1 Å². The van der Waals surface area contributed by atoms with E-state index in [9.17, 15) is 4.79 Å². The summed E-state index contributed by atoms with van der Waals surface area (Å²) >= 11 is 0. The summed E-state index contributed by atoms with van der Waals surface area (Å²) in [5.41, 5.74) is 4.98. The molecule has 0 aliphatic carbocycles. The van der Waals surface area contributed by atoms with Gasteiger partial charge in [-0.15, -0.1) is 0 Å². The summed E-state index contributed by atoms with van der Waals surface area (Å²) < 4.78 is 3.11. The maximum atomic E-state index is 12.9. The zero-order valence-corrected chi connectivity index (χ0v) is 15.3. The Hall–Kier alpha value is -3.41. The zero-order valence-electron chi connectivity index (χ0n) is 15.3. The van der Waals surface area contributed by atoms with E-state index in [0.29, 0.717) is 0 Å².